The number of halogens is 1. The molecular formula is C20H20ClN3O2S. The van der Waals surface area contributed by atoms with Crippen molar-refractivity contribution < 1.29 is 9.53 Å². The van der Waals surface area contributed by atoms with E-state index in [1.165, 1.54) is 11.8 Å². The maximum Gasteiger partial charge on any atom is 0.316 e. The Morgan fingerprint density at radius 2 is 2.15 bits per heavy atom. The smallest absolute Gasteiger partial charge is 0.316 e. The Morgan fingerprint density at radius 1 is 1.41 bits per heavy atom. The Bertz CT molecular complexity index is 894. The molecule has 0 saturated heterocycles. The van der Waals surface area contributed by atoms with Gasteiger partial charge in [-0.15, -0.1) is 0 Å². The van der Waals surface area contributed by atoms with Gasteiger partial charge in [0.25, 0.3) is 0 Å². The topological polar surface area (TPSA) is 66.2 Å². The van der Waals surface area contributed by atoms with E-state index >= 15 is 0 Å². The Kier molecular flexibility index (Phi) is 6.38. The van der Waals surface area contributed by atoms with Crippen molar-refractivity contribution >= 4 is 29.3 Å². The van der Waals surface area contributed by atoms with Gasteiger partial charge >= 0.3 is 5.97 Å². The number of hydrogen-bond acceptors (Lipinski definition) is 6. The number of hydrogen-bond donors (Lipinski definition) is 0. The van der Waals surface area contributed by atoms with Crippen molar-refractivity contribution in [3.8, 4) is 17.2 Å². The number of nitrogens with zero attached hydrogens (tertiary/aromatic N) is 3. The summed E-state index contributed by atoms with van der Waals surface area (Å²) in [5, 5.41) is 11.1. The van der Waals surface area contributed by atoms with Crippen LogP contribution in [0.1, 0.15) is 23.7 Å². The third-order valence-electron chi connectivity index (χ3n) is 4.39. The Balaban J connectivity index is 2.10. The Morgan fingerprint density at radius 3 is 2.81 bits per heavy atom. The van der Waals surface area contributed by atoms with Crippen molar-refractivity contribution in [2.45, 2.75) is 24.9 Å². The molecule has 0 saturated carbocycles. The van der Waals surface area contributed by atoms with Crippen LogP contribution in [0.5, 0.6) is 0 Å². The van der Waals surface area contributed by atoms with Crippen molar-refractivity contribution in [3.05, 3.63) is 46.1 Å². The number of pyridine rings is 1. The molecule has 3 rings (SSSR count). The van der Waals surface area contributed by atoms with Crippen molar-refractivity contribution in [1.29, 1.82) is 5.26 Å². The molecule has 0 bridgehead atoms. The summed E-state index contributed by atoms with van der Waals surface area (Å²) in [5.41, 5.74) is 4.38. The highest BCUT2D eigenvalue weighted by Gasteiger charge is 2.25. The van der Waals surface area contributed by atoms with Gasteiger partial charge in [0.15, 0.2) is 0 Å². The van der Waals surface area contributed by atoms with Gasteiger partial charge in [0.05, 0.1) is 17.9 Å². The van der Waals surface area contributed by atoms with Crippen LogP contribution in [-0.2, 0) is 22.5 Å². The summed E-state index contributed by atoms with van der Waals surface area (Å²) in [5.74, 6) is -0.174. The lowest BCUT2D eigenvalue weighted by atomic mass is 9.92. The lowest BCUT2D eigenvalue weighted by Gasteiger charge is -2.28. The zero-order valence-electron chi connectivity index (χ0n) is 15.3. The van der Waals surface area contributed by atoms with Gasteiger partial charge < -0.3 is 9.64 Å². The molecule has 1 aliphatic heterocycles. The maximum absolute atomic E-state index is 11.8. The highest BCUT2D eigenvalue weighted by molar-refractivity contribution is 7.99. The van der Waals surface area contributed by atoms with Crippen LogP contribution in [-0.4, -0.2) is 41.8 Å². The SMILES string of the molecule is CCOC(=O)CSc1nc2c(c(-c3ccc(Cl)cc3)c1C#N)CN(C)CC2. The number of nitriles is 1. The zero-order valence-corrected chi connectivity index (χ0v) is 16.9. The average Bonchev–Trinajstić information content (AvgIpc) is 2.66. The molecule has 0 radical (unpaired) electrons. The minimum Gasteiger partial charge on any atom is -0.465 e. The average molecular weight is 402 g/mol. The molecule has 27 heavy (non-hydrogen) atoms. The summed E-state index contributed by atoms with van der Waals surface area (Å²) < 4.78 is 5.00. The van der Waals surface area contributed by atoms with E-state index in [1.807, 2.05) is 24.3 Å². The number of ether oxygens (including phenoxy) is 1. The second-order valence-electron chi connectivity index (χ2n) is 6.29. The second-order valence-corrected chi connectivity index (χ2v) is 7.69. The van der Waals surface area contributed by atoms with Crippen LogP contribution in [0.4, 0.5) is 0 Å². The van der Waals surface area contributed by atoms with E-state index < -0.39 is 0 Å². The first-order valence-corrected chi connectivity index (χ1v) is 10.1. The molecule has 0 N–H and O–H groups in total. The number of likely N-dealkylation sites (N-methyl/N-ethyl adjacent to an activating group) is 1. The lowest BCUT2D eigenvalue weighted by molar-refractivity contribution is -0.139. The first-order valence-electron chi connectivity index (χ1n) is 8.72. The number of rotatable bonds is 5. The van der Waals surface area contributed by atoms with Gasteiger partial charge in [0.1, 0.15) is 11.1 Å². The minimum atomic E-state index is -0.307. The highest BCUT2D eigenvalue weighted by atomic mass is 35.5. The van der Waals surface area contributed by atoms with Gasteiger partial charge in [-0.05, 0) is 37.2 Å². The van der Waals surface area contributed by atoms with Crippen molar-refractivity contribution in [3.63, 3.8) is 0 Å². The van der Waals surface area contributed by atoms with E-state index in [2.05, 4.69) is 18.0 Å². The van der Waals surface area contributed by atoms with Gasteiger partial charge in [-0.25, -0.2) is 4.98 Å². The zero-order chi connectivity index (χ0) is 19.4. The minimum absolute atomic E-state index is 0.133. The fourth-order valence-corrected chi connectivity index (χ4v) is 4.07. The van der Waals surface area contributed by atoms with E-state index in [0.29, 0.717) is 22.2 Å². The van der Waals surface area contributed by atoms with Crippen molar-refractivity contribution in [2.24, 2.45) is 0 Å². The summed E-state index contributed by atoms with van der Waals surface area (Å²) >= 11 is 7.30. The molecule has 0 fully saturated rings. The van der Waals surface area contributed by atoms with E-state index in [9.17, 15) is 10.1 Å². The van der Waals surface area contributed by atoms with Crippen LogP contribution < -0.4 is 0 Å². The van der Waals surface area contributed by atoms with Gasteiger partial charge in [0.2, 0.25) is 0 Å². The fourth-order valence-electron chi connectivity index (χ4n) is 3.14. The number of benzene rings is 1. The van der Waals surface area contributed by atoms with E-state index in [4.69, 9.17) is 21.3 Å². The first kappa shape index (κ1) is 19.7. The summed E-state index contributed by atoms with van der Waals surface area (Å²) in [6.07, 6.45) is 0.811. The van der Waals surface area contributed by atoms with Crippen LogP contribution in [0.15, 0.2) is 29.3 Å². The molecule has 1 aliphatic rings. The van der Waals surface area contributed by atoms with E-state index in [0.717, 1.165) is 41.9 Å². The number of aromatic nitrogens is 1. The van der Waals surface area contributed by atoms with Crippen LogP contribution in [0.25, 0.3) is 11.1 Å². The number of esters is 1. The number of carbonyl (C=O) groups is 1. The lowest BCUT2D eigenvalue weighted by Crippen LogP contribution is -2.28. The Hall–Kier alpha value is -2.07. The maximum atomic E-state index is 11.8. The van der Waals surface area contributed by atoms with Crippen molar-refractivity contribution in [1.82, 2.24) is 9.88 Å². The molecule has 140 valence electrons. The summed E-state index contributed by atoms with van der Waals surface area (Å²) in [6.45, 7) is 3.76. The van der Waals surface area contributed by atoms with Crippen LogP contribution in [0, 0.1) is 11.3 Å². The molecule has 2 aromatic rings. The number of thioether (sulfide) groups is 1. The fraction of sp³-hybridized carbons (Fsp3) is 0.350. The molecule has 7 heteroatoms. The van der Waals surface area contributed by atoms with Crippen LogP contribution in [0.3, 0.4) is 0 Å². The molecule has 0 atom stereocenters. The molecule has 1 aromatic heterocycles. The third-order valence-corrected chi connectivity index (χ3v) is 5.59. The summed E-state index contributed by atoms with van der Waals surface area (Å²) in [7, 11) is 2.06. The Labute approximate surface area is 168 Å². The molecular weight excluding hydrogens is 382 g/mol. The molecule has 2 heterocycles. The number of fused-ring (bicyclic) bond motifs is 1. The first-order chi connectivity index (χ1) is 13.0. The quantitative estimate of drug-likeness (QED) is 0.558. The van der Waals surface area contributed by atoms with Crippen LogP contribution >= 0.6 is 23.4 Å². The molecule has 0 aliphatic carbocycles. The van der Waals surface area contributed by atoms with E-state index in [-0.39, 0.29) is 11.7 Å². The standard InChI is InChI=1S/C20H20ClN3O2S/c1-3-26-18(25)12-27-20-15(10-22)19(13-4-6-14(21)7-5-13)16-11-24(2)9-8-17(16)23-20/h4-7H,3,8-9,11-12H2,1-2H3. The predicted molar refractivity (Wildman–Crippen MR) is 107 cm³/mol. The molecule has 0 unspecified atom stereocenters. The summed E-state index contributed by atoms with van der Waals surface area (Å²) in [4.78, 5) is 18.7. The van der Waals surface area contributed by atoms with Gasteiger partial charge in [-0.3, -0.25) is 4.79 Å². The highest BCUT2D eigenvalue weighted by Crippen LogP contribution is 2.37. The third kappa shape index (κ3) is 4.44. The normalized spacial score (nSPS) is 13.7. The van der Waals surface area contributed by atoms with Gasteiger partial charge in [-0.1, -0.05) is 35.5 Å². The largest absolute Gasteiger partial charge is 0.465 e. The monoisotopic (exact) mass is 401 g/mol. The van der Waals surface area contributed by atoms with Gasteiger partial charge in [0, 0.05) is 35.8 Å². The summed E-state index contributed by atoms with van der Waals surface area (Å²) in [6, 6.07) is 9.80. The molecule has 0 spiro atoms. The predicted octanol–water partition coefficient (Wildman–Crippen LogP) is 3.92. The molecule has 0 amide bonds. The van der Waals surface area contributed by atoms with Crippen LogP contribution in [0.2, 0.25) is 5.02 Å². The second kappa shape index (κ2) is 8.75. The molecule has 1 aromatic carbocycles. The molecule has 5 nitrogen and oxygen atoms in total. The van der Waals surface area contributed by atoms with E-state index in [1.54, 1.807) is 6.92 Å². The number of carbonyl (C=O) groups excluding carboxylic acids is 1. The van der Waals surface area contributed by atoms with Gasteiger partial charge in [-0.2, -0.15) is 5.26 Å². The van der Waals surface area contributed by atoms with Crippen molar-refractivity contribution in [2.75, 3.05) is 26.0 Å².